The SMILES string of the molecule is [C-]#[N+]c1cccc(C2(C)CCCO2)c1. The molecule has 2 nitrogen and oxygen atoms in total. The highest BCUT2D eigenvalue weighted by Gasteiger charge is 2.31. The van der Waals surface area contributed by atoms with Crippen LogP contribution in [0.2, 0.25) is 0 Å². The van der Waals surface area contributed by atoms with Crippen LogP contribution in [0.3, 0.4) is 0 Å². The molecule has 14 heavy (non-hydrogen) atoms. The van der Waals surface area contributed by atoms with Crippen molar-refractivity contribution < 1.29 is 4.74 Å². The summed E-state index contributed by atoms with van der Waals surface area (Å²) in [6.07, 6.45) is 2.16. The van der Waals surface area contributed by atoms with E-state index in [2.05, 4.69) is 11.8 Å². The van der Waals surface area contributed by atoms with Gasteiger partial charge in [0.15, 0.2) is 5.69 Å². The maximum absolute atomic E-state index is 6.96. The highest BCUT2D eigenvalue weighted by molar-refractivity contribution is 5.47. The minimum Gasteiger partial charge on any atom is -0.371 e. The van der Waals surface area contributed by atoms with Gasteiger partial charge in [-0.15, -0.1) is 0 Å². The van der Waals surface area contributed by atoms with E-state index in [4.69, 9.17) is 11.3 Å². The average molecular weight is 187 g/mol. The summed E-state index contributed by atoms with van der Waals surface area (Å²) >= 11 is 0. The molecule has 1 fully saturated rings. The van der Waals surface area contributed by atoms with Crippen molar-refractivity contribution in [1.29, 1.82) is 0 Å². The van der Waals surface area contributed by atoms with E-state index in [1.807, 2.05) is 24.3 Å². The highest BCUT2D eigenvalue weighted by atomic mass is 16.5. The minimum absolute atomic E-state index is 0.166. The van der Waals surface area contributed by atoms with Crippen LogP contribution in [0.4, 0.5) is 5.69 Å². The molecule has 2 rings (SSSR count). The molecular formula is C12H13NO. The smallest absolute Gasteiger partial charge is 0.187 e. The monoisotopic (exact) mass is 187 g/mol. The van der Waals surface area contributed by atoms with Gasteiger partial charge in [-0.25, -0.2) is 4.85 Å². The Balaban J connectivity index is 2.36. The Hall–Kier alpha value is -1.33. The Kier molecular flexibility index (Phi) is 2.26. The second-order valence-electron chi connectivity index (χ2n) is 3.85. The summed E-state index contributed by atoms with van der Waals surface area (Å²) in [5.74, 6) is 0. The maximum Gasteiger partial charge on any atom is 0.187 e. The first-order chi connectivity index (χ1) is 6.74. The van der Waals surface area contributed by atoms with E-state index in [9.17, 15) is 0 Å². The Morgan fingerprint density at radius 2 is 2.36 bits per heavy atom. The molecule has 0 spiro atoms. The van der Waals surface area contributed by atoms with Crippen LogP contribution in [0, 0.1) is 6.57 Å². The van der Waals surface area contributed by atoms with Gasteiger partial charge < -0.3 is 4.74 Å². The Bertz CT molecular complexity index is 372. The van der Waals surface area contributed by atoms with Crippen molar-refractivity contribution in [3.05, 3.63) is 41.2 Å². The fourth-order valence-electron chi connectivity index (χ4n) is 1.91. The van der Waals surface area contributed by atoms with Crippen LogP contribution in [0.15, 0.2) is 24.3 Å². The van der Waals surface area contributed by atoms with Crippen LogP contribution in [0.25, 0.3) is 4.85 Å². The number of benzene rings is 1. The van der Waals surface area contributed by atoms with Crippen LogP contribution >= 0.6 is 0 Å². The second kappa shape index (κ2) is 3.43. The van der Waals surface area contributed by atoms with Crippen LogP contribution in [0.5, 0.6) is 0 Å². The van der Waals surface area contributed by atoms with Gasteiger partial charge in [0.1, 0.15) is 0 Å². The Labute approximate surface area is 84.3 Å². The molecule has 1 aromatic carbocycles. The molecule has 2 heteroatoms. The summed E-state index contributed by atoms with van der Waals surface area (Å²) in [6.45, 7) is 9.89. The van der Waals surface area contributed by atoms with Crippen LogP contribution in [-0.4, -0.2) is 6.61 Å². The van der Waals surface area contributed by atoms with Crippen molar-refractivity contribution >= 4 is 5.69 Å². The van der Waals surface area contributed by atoms with E-state index < -0.39 is 0 Å². The zero-order valence-electron chi connectivity index (χ0n) is 8.29. The molecule has 1 aliphatic rings. The van der Waals surface area contributed by atoms with Crippen molar-refractivity contribution in [2.75, 3.05) is 6.61 Å². The van der Waals surface area contributed by atoms with Gasteiger partial charge in [0, 0.05) is 6.61 Å². The van der Waals surface area contributed by atoms with Crippen molar-refractivity contribution in [3.63, 3.8) is 0 Å². The van der Waals surface area contributed by atoms with Gasteiger partial charge in [-0.05, 0) is 25.3 Å². The fourth-order valence-corrected chi connectivity index (χ4v) is 1.91. The third-order valence-electron chi connectivity index (χ3n) is 2.80. The summed E-state index contributed by atoms with van der Waals surface area (Å²) in [4.78, 5) is 3.43. The summed E-state index contributed by atoms with van der Waals surface area (Å²) in [5, 5.41) is 0. The van der Waals surface area contributed by atoms with Gasteiger partial charge >= 0.3 is 0 Å². The Morgan fingerprint density at radius 1 is 1.50 bits per heavy atom. The minimum atomic E-state index is -0.166. The molecule has 0 amide bonds. The van der Waals surface area contributed by atoms with Crippen LogP contribution in [-0.2, 0) is 10.3 Å². The summed E-state index contributed by atoms with van der Waals surface area (Å²) in [6, 6.07) is 7.72. The highest BCUT2D eigenvalue weighted by Crippen LogP contribution is 2.36. The molecular weight excluding hydrogens is 174 g/mol. The van der Waals surface area contributed by atoms with E-state index >= 15 is 0 Å². The summed E-state index contributed by atoms with van der Waals surface area (Å²) < 4.78 is 5.72. The van der Waals surface area contributed by atoms with Gasteiger partial charge in [-0.1, -0.05) is 24.3 Å². The number of nitrogens with zero attached hydrogens (tertiary/aromatic N) is 1. The molecule has 0 N–H and O–H groups in total. The van der Waals surface area contributed by atoms with Gasteiger partial charge in [0.25, 0.3) is 0 Å². The molecule has 72 valence electrons. The maximum atomic E-state index is 6.96. The van der Waals surface area contributed by atoms with Crippen molar-refractivity contribution in [2.45, 2.75) is 25.4 Å². The van der Waals surface area contributed by atoms with Gasteiger partial charge in [-0.3, -0.25) is 0 Å². The zero-order valence-corrected chi connectivity index (χ0v) is 8.29. The lowest BCUT2D eigenvalue weighted by Crippen LogP contribution is -2.19. The normalized spacial score (nSPS) is 26.0. The number of ether oxygens (including phenoxy) is 1. The molecule has 0 saturated carbocycles. The van der Waals surface area contributed by atoms with Crippen LogP contribution in [0.1, 0.15) is 25.3 Å². The largest absolute Gasteiger partial charge is 0.371 e. The number of hydrogen-bond donors (Lipinski definition) is 0. The third-order valence-corrected chi connectivity index (χ3v) is 2.80. The average Bonchev–Trinajstić information content (AvgIpc) is 2.67. The van der Waals surface area contributed by atoms with Crippen molar-refractivity contribution in [2.24, 2.45) is 0 Å². The first-order valence-corrected chi connectivity index (χ1v) is 4.86. The molecule has 0 bridgehead atoms. The molecule has 0 aliphatic carbocycles. The quantitative estimate of drug-likeness (QED) is 0.615. The number of rotatable bonds is 1. The fraction of sp³-hybridized carbons (Fsp3) is 0.417. The predicted octanol–water partition coefficient (Wildman–Crippen LogP) is 3.26. The molecule has 0 aromatic heterocycles. The van der Waals surface area contributed by atoms with E-state index in [1.54, 1.807) is 0 Å². The molecule has 1 atom stereocenters. The third kappa shape index (κ3) is 1.51. The van der Waals surface area contributed by atoms with E-state index in [0.29, 0.717) is 5.69 Å². The van der Waals surface area contributed by atoms with Gasteiger partial charge in [-0.2, -0.15) is 0 Å². The van der Waals surface area contributed by atoms with Crippen molar-refractivity contribution in [1.82, 2.24) is 0 Å². The van der Waals surface area contributed by atoms with E-state index in [-0.39, 0.29) is 5.60 Å². The van der Waals surface area contributed by atoms with Gasteiger partial charge in [0.2, 0.25) is 0 Å². The first kappa shape index (κ1) is 9.23. The number of hydrogen-bond acceptors (Lipinski definition) is 1. The predicted molar refractivity (Wildman–Crippen MR) is 55.2 cm³/mol. The lowest BCUT2D eigenvalue weighted by atomic mass is 9.93. The second-order valence-corrected chi connectivity index (χ2v) is 3.85. The van der Waals surface area contributed by atoms with E-state index in [1.165, 1.54) is 0 Å². The Morgan fingerprint density at radius 3 is 3.00 bits per heavy atom. The molecule has 1 heterocycles. The topological polar surface area (TPSA) is 13.6 Å². The van der Waals surface area contributed by atoms with E-state index in [0.717, 1.165) is 25.0 Å². The van der Waals surface area contributed by atoms with Gasteiger partial charge in [0.05, 0.1) is 12.2 Å². The molecule has 0 radical (unpaired) electrons. The molecule has 1 unspecified atom stereocenters. The molecule has 1 saturated heterocycles. The van der Waals surface area contributed by atoms with Crippen LogP contribution < -0.4 is 0 Å². The van der Waals surface area contributed by atoms with Crippen molar-refractivity contribution in [3.8, 4) is 0 Å². The molecule has 1 aromatic rings. The standard InChI is InChI=1S/C12H13NO/c1-12(7-4-8-14-12)10-5-3-6-11(9-10)13-2/h3,5-6,9H,4,7-8H2,1H3. The lowest BCUT2D eigenvalue weighted by Gasteiger charge is -2.23. The first-order valence-electron chi connectivity index (χ1n) is 4.86. The lowest BCUT2D eigenvalue weighted by molar-refractivity contribution is 0.0169. The zero-order chi connectivity index (χ0) is 10.0. The molecule has 1 aliphatic heterocycles. The summed E-state index contributed by atoms with van der Waals surface area (Å²) in [7, 11) is 0. The summed E-state index contributed by atoms with van der Waals surface area (Å²) in [5.41, 5.74) is 1.66.